The van der Waals surface area contributed by atoms with Crippen LogP contribution in [0, 0.1) is 17.1 Å². The predicted molar refractivity (Wildman–Crippen MR) is 149 cm³/mol. The summed E-state index contributed by atoms with van der Waals surface area (Å²) in [7, 11) is 0. The fourth-order valence-electron chi connectivity index (χ4n) is 5.23. The molecule has 2 saturated heterocycles. The van der Waals surface area contributed by atoms with Crippen molar-refractivity contribution >= 4 is 11.8 Å². The fraction of sp³-hybridized carbons (Fsp3) is 0.355. The third-order valence-electron chi connectivity index (χ3n) is 7.63. The molecule has 0 saturated carbocycles. The van der Waals surface area contributed by atoms with Crippen molar-refractivity contribution in [1.82, 2.24) is 25.0 Å². The van der Waals surface area contributed by atoms with Crippen molar-refractivity contribution in [3.05, 3.63) is 101 Å². The maximum Gasteiger partial charge on any atom is 0.270 e. The smallest absolute Gasteiger partial charge is 0.270 e. The number of pyridine rings is 1. The van der Waals surface area contributed by atoms with Gasteiger partial charge in [-0.05, 0) is 60.4 Å². The standard InChI is InChI=1S/C31H33FN6O2/c32-27-8-5-25(6-9-27)22-37-15-17-38(18-16-37)31(40)26-7-10-29(34-20-26)30(39)35-28-11-13-36(14-12-28)21-24-3-1-23(19-33)2-4-24/h1-10,20,28H,11-18,21-22H2,(H,35,39). The van der Waals surface area contributed by atoms with Gasteiger partial charge in [0.1, 0.15) is 11.5 Å². The van der Waals surface area contributed by atoms with E-state index >= 15 is 0 Å². The number of amides is 2. The van der Waals surface area contributed by atoms with Gasteiger partial charge in [-0.25, -0.2) is 4.39 Å². The Morgan fingerprint density at radius 3 is 2.02 bits per heavy atom. The second-order valence-corrected chi connectivity index (χ2v) is 10.5. The molecular weight excluding hydrogens is 507 g/mol. The van der Waals surface area contributed by atoms with Gasteiger partial charge in [0.25, 0.3) is 11.8 Å². The van der Waals surface area contributed by atoms with E-state index < -0.39 is 0 Å². The maximum atomic E-state index is 13.1. The van der Waals surface area contributed by atoms with E-state index in [9.17, 15) is 14.0 Å². The molecule has 3 aromatic rings. The van der Waals surface area contributed by atoms with Crippen LogP contribution in [-0.2, 0) is 13.1 Å². The molecule has 0 bridgehead atoms. The molecule has 2 fully saturated rings. The zero-order chi connectivity index (χ0) is 27.9. The Bertz CT molecular complexity index is 1340. The molecule has 0 atom stereocenters. The zero-order valence-electron chi connectivity index (χ0n) is 22.4. The van der Waals surface area contributed by atoms with Crippen molar-refractivity contribution in [3.63, 3.8) is 0 Å². The first-order valence-electron chi connectivity index (χ1n) is 13.7. The lowest BCUT2D eigenvalue weighted by atomic mass is 10.0. The Morgan fingerprint density at radius 1 is 0.850 bits per heavy atom. The monoisotopic (exact) mass is 540 g/mol. The van der Waals surface area contributed by atoms with Crippen LogP contribution in [0.3, 0.4) is 0 Å². The predicted octanol–water partition coefficient (Wildman–Crippen LogP) is 3.44. The molecule has 0 unspecified atom stereocenters. The zero-order valence-corrected chi connectivity index (χ0v) is 22.4. The molecule has 206 valence electrons. The summed E-state index contributed by atoms with van der Waals surface area (Å²) in [6.45, 7) is 5.99. The summed E-state index contributed by atoms with van der Waals surface area (Å²) >= 11 is 0. The van der Waals surface area contributed by atoms with E-state index in [4.69, 9.17) is 5.26 Å². The molecule has 1 N–H and O–H groups in total. The summed E-state index contributed by atoms with van der Waals surface area (Å²) in [6.07, 6.45) is 3.19. The topological polar surface area (TPSA) is 92.6 Å². The van der Waals surface area contributed by atoms with Crippen molar-refractivity contribution in [1.29, 1.82) is 5.26 Å². The number of benzene rings is 2. The van der Waals surface area contributed by atoms with Crippen molar-refractivity contribution in [2.45, 2.75) is 32.0 Å². The van der Waals surface area contributed by atoms with Gasteiger partial charge in [-0.15, -0.1) is 0 Å². The summed E-state index contributed by atoms with van der Waals surface area (Å²) in [5.41, 5.74) is 3.66. The van der Waals surface area contributed by atoms with E-state index in [2.05, 4.69) is 26.2 Å². The minimum absolute atomic E-state index is 0.0824. The van der Waals surface area contributed by atoms with Gasteiger partial charge in [-0.1, -0.05) is 24.3 Å². The number of halogens is 1. The van der Waals surface area contributed by atoms with Crippen molar-refractivity contribution < 1.29 is 14.0 Å². The van der Waals surface area contributed by atoms with E-state index in [0.29, 0.717) is 29.9 Å². The third-order valence-corrected chi connectivity index (χ3v) is 7.63. The summed E-state index contributed by atoms with van der Waals surface area (Å²) in [5, 5.41) is 12.0. The van der Waals surface area contributed by atoms with Gasteiger partial charge >= 0.3 is 0 Å². The summed E-state index contributed by atoms with van der Waals surface area (Å²) in [4.78, 5) is 36.5. The molecule has 0 aliphatic carbocycles. The van der Waals surface area contributed by atoms with E-state index in [-0.39, 0.29) is 23.7 Å². The van der Waals surface area contributed by atoms with Gasteiger partial charge in [-0.2, -0.15) is 5.26 Å². The number of rotatable bonds is 7. The largest absolute Gasteiger partial charge is 0.348 e. The highest BCUT2D eigenvalue weighted by Gasteiger charge is 2.24. The molecule has 9 heteroatoms. The molecule has 0 radical (unpaired) electrons. The van der Waals surface area contributed by atoms with Crippen LogP contribution in [0.25, 0.3) is 0 Å². The van der Waals surface area contributed by atoms with Crippen LogP contribution < -0.4 is 5.32 Å². The Labute approximate surface area is 234 Å². The second-order valence-electron chi connectivity index (χ2n) is 10.5. The summed E-state index contributed by atoms with van der Waals surface area (Å²) in [5.74, 6) is -0.552. The van der Waals surface area contributed by atoms with Crippen LogP contribution in [0.2, 0.25) is 0 Å². The number of nitrogens with one attached hydrogen (secondary N) is 1. The molecule has 2 aromatic carbocycles. The number of hydrogen-bond donors (Lipinski definition) is 1. The average Bonchev–Trinajstić information content (AvgIpc) is 3.00. The highest BCUT2D eigenvalue weighted by molar-refractivity contribution is 5.96. The lowest BCUT2D eigenvalue weighted by molar-refractivity contribution is 0.0627. The highest BCUT2D eigenvalue weighted by Crippen LogP contribution is 2.16. The molecule has 2 aliphatic rings. The van der Waals surface area contributed by atoms with E-state index in [1.165, 1.54) is 23.9 Å². The summed E-state index contributed by atoms with van der Waals surface area (Å²) in [6, 6.07) is 19.7. The first-order valence-corrected chi connectivity index (χ1v) is 13.7. The number of carbonyl (C=O) groups is 2. The van der Waals surface area contributed by atoms with Gasteiger partial charge in [-0.3, -0.25) is 24.4 Å². The summed E-state index contributed by atoms with van der Waals surface area (Å²) < 4.78 is 13.1. The SMILES string of the molecule is N#Cc1ccc(CN2CCC(NC(=O)c3ccc(C(=O)N4CCN(Cc5ccc(F)cc5)CC4)cn3)CC2)cc1. The molecule has 5 rings (SSSR count). The Hall–Kier alpha value is -4.13. The molecule has 40 heavy (non-hydrogen) atoms. The number of likely N-dealkylation sites (tertiary alicyclic amines) is 1. The molecular formula is C31H33FN6O2. The number of nitrogens with zero attached hydrogens (tertiary/aromatic N) is 5. The Kier molecular flexibility index (Phi) is 8.79. The number of piperidine rings is 1. The minimum atomic E-state index is -0.242. The van der Waals surface area contributed by atoms with Crippen molar-refractivity contribution in [2.24, 2.45) is 0 Å². The molecule has 2 amide bonds. The van der Waals surface area contributed by atoms with E-state index in [1.807, 2.05) is 29.2 Å². The highest BCUT2D eigenvalue weighted by atomic mass is 19.1. The van der Waals surface area contributed by atoms with Crippen LogP contribution in [0.1, 0.15) is 50.4 Å². The third kappa shape index (κ3) is 7.08. The quantitative estimate of drug-likeness (QED) is 0.494. The normalized spacial score (nSPS) is 16.9. The van der Waals surface area contributed by atoms with Gasteiger partial charge in [0.05, 0.1) is 17.2 Å². The van der Waals surface area contributed by atoms with Gasteiger partial charge in [0.15, 0.2) is 0 Å². The maximum absolute atomic E-state index is 13.1. The number of hydrogen-bond acceptors (Lipinski definition) is 6. The second kappa shape index (κ2) is 12.8. The number of nitriles is 1. The lowest BCUT2D eigenvalue weighted by Crippen LogP contribution is -2.48. The van der Waals surface area contributed by atoms with Crippen molar-refractivity contribution in [2.75, 3.05) is 39.3 Å². The first kappa shape index (κ1) is 27.4. The molecule has 0 spiro atoms. The van der Waals surface area contributed by atoms with Crippen molar-refractivity contribution in [3.8, 4) is 6.07 Å². The van der Waals surface area contributed by atoms with E-state index in [1.54, 1.807) is 24.3 Å². The number of aromatic nitrogens is 1. The molecule has 1 aromatic heterocycles. The first-order chi connectivity index (χ1) is 19.5. The fourth-order valence-corrected chi connectivity index (χ4v) is 5.23. The van der Waals surface area contributed by atoms with E-state index in [0.717, 1.165) is 57.7 Å². The van der Waals surface area contributed by atoms with Crippen LogP contribution in [0.5, 0.6) is 0 Å². The van der Waals surface area contributed by atoms with Gasteiger partial charge in [0.2, 0.25) is 0 Å². The molecule has 2 aliphatic heterocycles. The lowest BCUT2D eigenvalue weighted by Gasteiger charge is -2.34. The number of carbonyl (C=O) groups excluding carboxylic acids is 2. The Morgan fingerprint density at radius 2 is 1.45 bits per heavy atom. The van der Waals surface area contributed by atoms with Crippen LogP contribution in [0.15, 0.2) is 66.9 Å². The van der Waals surface area contributed by atoms with Crippen LogP contribution >= 0.6 is 0 Å². The molecule has 8 nitrogen and oxygen atoms in total. The Balaban J connectivity index is 1.05. The van der Waals surface area contributed by atoms with Crippen LogP contribution in [0.4, 0.5) is 4.39 Å². The average molecular weight is 541 g/mol. The molecule has 3 heterocycles. The minimum Gasteiger partial charge on any atom is -0.348 e. The van der Waals surface area contributed by atoms with Gasteiger partial charge in [0, 0.05) is 64.6 Å². The number of piperazine rings is 1. The van der Waals surface area contributed by atoms with Crippen LogP contribution in [-0.4, -0.2) is 76.8 Å². The van der Waals surface area contributed by atoms with Gasteiger partial charge < -0.3 is 10.2 Å².